The van der Waals surface area contributed by atoms with Crippen molar-refractivity contribution in [2.24, 2.45) is 0 Å². The molecule has 1 saturated carbocycles. The predicted octanol–water partition coefficient (Wildman–Crippen LogP) is 3.85. The summed E-state index contributed by atoms with van der Waals surface area (Å²) in [5.74, 6) is 0. The SMILES string of the molecule is CC(Cl)c1cnn(C2CCOC3(CCCC3)C2)c1. The van der Waals surface area contributed by atoms with E-state index in [-0.39, 0.29) is 11.0 Å². The molecule has 1 saturated heterocycles. The Hall–Kier alpha value is -0.540. The van der Waals surface area contributed by atoms with Crippen LogP contribution < -0.4 is 0 Å². The molecule has 1 spiro atoms. The van der Waals surface area contributed by atoms with Crippen LogP contribution in [0, 0.1) is 0 Å². The van der Waals surface area contributed by atoms with Gasteiger partial charge in [-0.25, -0.2) is 0 Å². The third-order valence-electron chi connectivity index (χ3n) is 4.44. The predicted molar refractivity (Wildman–Crippen MR) is 71.9 cm³/mol. The van der Waals surface area contributed by atoms with Crippen LogP contribution in [0.1, 0.15) is 62.4 Å². The molecule has 3 nitrogen and oxygen atoms in total. The molecule has 4 heteroatoms. The molecule has 18 heavy (non-hydrogen) atoms. The highest BCUT2D eigenvalue weighted by Gasteiger charge is 2.40. The van der Waals surface area contributed by atoms with Crippen LogP contribution >= 0.6 is 11.6 Å². The van der Waals surface area contributed by atoms with Crippen LogP contribution in [0.4, 0.5) is 0 Å². The molecule has 1 aromatic heterocycles. The van der Waals surface area contributed by atoms with Crippen molar-refractivity contribution < 1.29 is 4.74 Å². The van der Waals surface area contributed by atoms with E-state index in [4.69, 9.17) is 16.3 Å². The van der Waals surface area contributed by atoms with E-state index < -0.39 is 0 Å². The van der Waals surface area contributed by atoms with Crippen molar-refractivity contribution in [2.45, 2.75) is 62.5 Å². The second kappa shape index (κ2) is 4.86. The Morgan fingerprint density at radius 2 is 2.28 bits per heavy atom. The van der Waals surface area contributed by atoms with Crippen LogP contribution in [0.3, 0.4) is 0 Å². The zero-order valence-electron chi connectivity index (χ0n) is 10.9. The first-order valence-corrected chi connectivity index (χ1v) is 7.44. The number of nitrogens with zero attached hydrogens (tertiary/aromatic N) is 2. The number of rotatable bonds is 2. The van der Waals surface area contributed by atoms with Gasteiger partial charge >= 0.3 is 0 Å². The molecular weight excluding hydrogens is 248 g/mol. The number of hydrogen-bond acceptors (Lipinski definition) is 2. The van der Waals surface area contributed by atoms with Gasteiger partial charge in [0.15, 0.2) is 0 Å². The van der Waals surface area contributed by atoms with Crippen molar-refractivity contribution in [1.82, 2.24) is 9.78 Å². The maximum atomic E-state index is 6.10. The molecule has 2 aliphatic rings. The van der Waals surface area contributed by atoms with Gasteiger partial charge in [0, 0.05) is 18.4 Å². The first kappa shape index (κ1) is 12.5. The van der Waals surface area contributed by atoms with E-state index >= 15 is 0 Å². The Labute approximate surface area is 113 Å². The fourth-order valence-electron chi connectivity index (χ4n) is 3.35. The number of ether oxygens (including phenoxy) is 1. The summed E-state index contributed by atoms with van der Waals surface area (Å²) in [7, 11) is 0. The molecule has 100 valence electrons. The molecule has 3 rings (SSSR count). The van der Waals surface area contributed by atoms with E-state index in [1.54, 1.807) is 0 Å². The maximum absolute atomic E-state index is 6.10. The fraction of sp³-hybridized carbons (Fsp3) is 0.786. The third-order valence-corrected chi connectivity index (χ3v) is 4.69. The van der Waals surface area contributed by atoms with Gasteiger partial charge < -0.3 is 4.74 Å². The Morgan fingerprint density at radius 3 is 2.94 bits per heavy atom. The van der Waals surface area contributed by atoms with Crippen molar-refractivity contribution in [3.63, 3.8) is 0 Å². The Balaban J connectivity index is 1.75. The highest BCUT2D eigenvalue weighted by Crippen LogP contribution is 2.43. The first-order chi connectivity index (χ1) is 8.69. The third kappa shape index (κ3) is 2.30. The molecule has 1 aliphatic heterocycles. The van der Waals surface area contributed by atoms with Crippen molar-refractivity contribution in [3.05, 3.63) is 18.0 Å². The van der Waals surface area contributed by atoms with E-state index in [1.807, 2.05) is 13.1 Å². The summed E-state index contributed by atoms with van der Waals surface area (Å²) in [6, 6.07) is 0.487. The summed E-state index contributed by atoms with van der Waals surface area (Å²) in [4.78, 5) is 0. The quantitative estimate of drug-likeness (QED) is 0.762. The monoisotopic (exact) mass is 268 g/mol. The molecule has 0 bridgehead atoms. The van der Waals surface area contributed by atoms with Crippen LogP contribution in [0.5, 0.6) is 0 Å². The summed E-state index contributed by atoms with van der Waals surface area (Å²) in [6.45, 7) is 2.86. The average molecular weight is 269 g/mol. The van der Waals surface area contributed by atoms with Gasteiger partial charge in [-0.3, -0.25) is 4.68 Å². The molecule has 0 N–H and O–H groups in total. The molecule has 2 atom stereocenters. The fourth-order valence-corrected chi connectivity index (χ4v) is 3.47. The van der Waals surface area contributed by atoms with E-state index in [0.29, 0.717) is 6.04 Å². The average Bonchev–Trinajstić information content (AvgIpc) is 2.98. The highest BCUT2D eigenvalue weighted by molar-refractivity contribution is 6.20. The number of aromatic nitrogens is 2. The molecule has 0 amide bonds. The van der Waals surface area contributed by atoms with Gasteiger partial charge in [0.05, 0.1) is 23.2 Å². The van der Waals surface area contributed by atoms with E-state index in [0.717, 1.165) is 25.0 Å². The van der Waals surface area contributed by atoms with Gasteiger partial charge in [0.25, 0.3) is 0 Å². The second-order valence-corrected chi connectivity index (χ2v) is 6.41. The van der Waals surface area contributed by atoms with Crippen molar-refractivity contribution >= 4 is 11.6 Å². The summed E-state index contributed by atoms with van der Waals surface area (Å²) in [6.07, 6.45) is 11.3. The van der Waals surface area contributed by atoms with Gasteiger partial charge in [0.1, 0.15) is 0 Å². The zero-order chi connectivity index (χ0) is 12.6. The van der Waals surface area contributed by atoms with E-state index in [9.17, 15) is 0 Å². The van der Waals surface area contributed by atoms with E-state index in [1.165, 1.54) is 25.7 Å². The molecule has 0 radical (unpaired) electrons. The highest BCUT2D eigenvalue weighted by atomic mass is 35.5. The van der Waals surface area contributed by atoms with Crippen molar-refractivity contribution in [2.75, 3.05) is 6.61 Å². The Bertz CT molecular complexity index is 410. The zero-order valence-corrected chi connectivity index (χ0v) is 11.7. The molecule has 2 heterocycles. The topological polar surface area (TPSA) is 27.1 Å². The van der Waals surface area contributed by atoms with Crippen LogP contribution in [0.25, 0.3) is 0 Å². The van der Waals surface area contributed by atoms with Gasteiger partial charge in [-0.15, -0.1) is 11.6 Å². The Morgan fingerprint density at radius 1 is 1.50 bits per heavy atom. The summed E-state index contributed by atoms with van der Waals surface area (Å²) in [5.41, 5.74) is 1.27. The molecule has 1 aromatic rings. The lowest BCUT2D eigenvalue weighted by Crippen LogP contribution is -2.38. The molecule has 0 aromatic carbocycles. The van der Waals surface area contributed by atoms with Crippen LogP contribution in [-0.4, -0.2) is 22.0 Å². The lowest BCUT2D eigenvalue weighted by Gasteiger charge is -2.38. The second-order valence-electron chi connectivity index (χ2n) is 5.75. The number of halogens is 1. The largest absolute Gasteiger partial charge is 0.375 e. The van der Waals surface area contributed by atoms with Crippen LogP contribution in [-0.2, 0) is 4.74 Å². The van der Waals surface area contributed by atoms with E-state index in [2.05, 4.69) is 16.0 Å². The smallest absolute Gasteiger partial charge is 0.0703 e. The molecule has 2 fully saturated rings. The normalized spacial score (nSPS) is 28.7. The number of hydrogen-bond donors (Lipinski definition) is 0. The summed E-state index contributed by atoms with van der Waals surface area (Å²) in [5, 5.41) is 4.53. The first-order valence-electron chi connectivity index (χ1n) is 7.01. The summed E-state index contributed by atoms with van der Waals surface area (Å²) < 4.78 is 8.17. The number of alkyl halides is 1. The van der Waals surface area contributed by atoms with Crippen molar-refractivity contribution in [3.8, 4) is 0 Å². The van der Waals surface area contributed by atoms with Crippen molar-refractivity contribution in [1.29, 1.82) is 0 Å². The lowest BCUT2D eigenvalue weighted by atomic mass is 9.89. The van der Waals surface area contributed by atoms with Gasteiger partial charge in [0.2, 0.25) is 0 Å². The molecule has 1 aliphatic carbocycles. The standard InChI is InChI=1S/C14H21ClN2O/c1-11(15)12-9-16-17(10-12)13-4-7-18-14(8-13)5-2-3-6-14/h9-11,13H,2-8H2,1H3. The van der Waals surface area contributed by atoms with Gasteiger partial charge in [-0.1, -0.05) is 12.8 Å². The molecule has 2 unspecified atom stereocenters. The van der Waals surface area contributed by atoms with Crippen LogP contribution in [0.2, 0.25) is 0 Å². The van der Waals surface area contributed by atoms with Gasteiger partial charge in [-0.2, -0.15) is 5.10 Å². The van der Waals surface area contributed by atoms with Gasteiger partial charge in [-0.05, 0) is 32.6 Å². The molecular formula is C14H21ClN2O. The summed E-state index contributed by atoms with van der Waals surface area (Å²) >= 11 is 6.10. The minimum absolute atomic E-state index is 0.0408. The Kier molecular flexibility index (Phi) is 3.37. The lowest BCUT2D eigenvalue weighted by molar-refractivity contribution is -0.0910. The van der Waals surface area contributed by atoms with Crippen LogP contribution in [0.15, 0.2) is 12.4 Å². The maximum Gasteiger partial charge on any atom is 0.0703 e. The minimum Gasteiger partial charge on any atom is -0.375 e. The minimum atomic E-state index is 0.0408.